The van der Waals surface area contributed by atoms with Crippen LogP contribution in [-0.4, -0.2) is 15.5 Å². The molecule has 21 heavy (non-hydrogen) atoms. The van der Waals surface area contributed by atoms with Crippen LogP contribution < -0.4 is 5.73 Å². The molecule has 0 aromatic carbocycles. The zero-order valence-electron chi connectivity index (χ0n) is 11.7. The minimum absolute atomic E-state index is 0.0905. The Morgan fingerprint density at radius 3 is 3.05 bits per heavy atom. The average Bonchev–Trinajstić information content (AvgIpc) is 2.86. The van der Waals surface area contributed by atoms with Crippen molar-refractivity contribution in [2.75, 3.05) is 5.73 Å². The Kier molecular flexibility index (Phi) is 4.57. The molecule has 2 aromatic rings. The predicted molar refractivity (Wildman–Crippen MR) is 77.2 cm³/mol. The van der Waals surface area contributed by atoms with Crippen molar-refractivity contribution >= 4 is 11.7 Å². The van der Waals surface area contributed by atoms with Crippen molar-refractivity contribution in [1.82, 2.24) is 9.55 Å². The van der Waals surface area contributed by atoms with Gasteiger partial charge in [0.15, 0.2) is 0 Å². The maximum atomic E-state index is 12.1. The molecule has 0 saturated heterocycles. The minimum atomic E-state index is -0.435. The fourth-order valence-corrected chi connectivity index (χ4v) is 1.98. The van der Waals surface area contributed by atoms with E-state index in [-0.39, 0.29) is 6.61 Å². The second-order valence-electron chi connectivity index (χ2n) is 4.59. The zero-order valence-corrected chi connectivity index (χ0v) is 11.7. The summed E-state index contributed by atoms with van der Waals surface area (Å²) in [4.78, 5) is 16.0. The monoisotopic (exact) mass is 284 g/mol. The third-order valence-corrected chi connectivity index (χ3v) is 2.90. The van der Waals surface area contributed by atoms with E-state index in [1.807, 2.05) is 13.0 Å². The third-order valence-electron chi connectivity index (χ3n) is 2.90. The van der Waals surface area contributed by atoms with Crippen LogP contribution >= 0.6 is 0 Å². The van der Waals surface area contributed by atoms with Crippen molar-refractivity contribution in [2.45, 2.75) is 26.5 Å². The standard InChI is InChI=1S/C15H16N4O2/c1-2-5-19-9-12(17)7-14(19)15(20)21-10-11-3-4-18-13(6-11)8-16/h3-4,6-7,9H,2,5,10,17H2,1H3. The van der Waals surface area contributed by atoms with Crippen LogP contribution in [0.2, 0.25) is 0 Å². The summed E-state index contributed by atoms with van der Waals surface area (Å²) in [6.07, 6.45) is 4.13. The lowest BCUT2D eigenvalue weighted by atomic mass is 10.2. The Morgan fingerprint density at radius 1 is 1.52 bits per heavy atom. The first kappa shape index (κ1) is 14.6. The van der Waals surface area contributed by atoms with E-state index in [9.17, 15) is 4.79 Å². The Bertz CT molecular complexity index is 685. The van der Waals surface area contributed by atoms with Gasteiger partial charge in [-0.25, -0.2) is 9.78 Å². The molecule has 6 nitrogen and oxygen atoms in total. The molecule has 0 unspecified atom stereocenters. The molecular weight excluding hydrogens is 268 g/mol. The number of ether oxygens (including phenoxy) is 1. The van der Waals surface area contributed by atoms with Crippen LogP contribution in [0.1, 0.15) is 35.1 Å². The van der Waals surface area contributed by atoms with Crippen LogP contribution in [0, 0.1) is 11.3 Å². The number of esters is 1. The van der Waals surface area contributed by atoms with E-state index in [0.717, 1.165) is 12.0 Å². The molecule has 0 radical (unpaired) electrons. The molecule has 2 heterocycles. The Balaban J connectivity index is 2.06. The van der Waals surface area contributed by atoms with Gasteiger partial charge in [0.1, 0.15) is 24.1 Å². The number of carbonyl (C=O) groups excluding carboxylic acids is 1. The molecule has 0 aliphatic rings. The second-order valence-corrected chi connectivity index (χ2v) is 4.59. The van der Waals surface area contributed by atoms with E-state index in [1.54, 1.807) is 29.0 Å². The van der Waals surface area contributed by atoms with Gasteiger partial charge in [0.2, 0.25) is 0 Å². The molecular formula is C15H16N4O2. The van der Waals surface area contributed by atoms with Gasteiger partial charge in [0, 0.05) is 18.9 Å². The number of aromatic nitrogens is 2. The molecule has 108 valence electrons. The number of hydrogen-bond donors (Lipinski definition) is 1. The van der Waals surface area contributed by atoms with E-state index in [1.165, 1.54) is 6.20 Å². The number of carbonyl (C=O) groups is 1. The fraction of sp³-hybridized carbons (Fsp3) is 0.267. The first-order chi connectivity index (χ1) is 10.1. The first-order valence-electron chi connectivity index (χ1n) is 6.62. The van der Waals surface area contributed by atoms with Crippen LogP contribution in [0.3, 0.4) is 0 Å². The first-order valence-corrected chi connectivity index (χ1v) is 6.62. The van der Waals surface area contributed by atoms with Gasteiger partial charge < -0.3 is 15.0 Å². The molecule has 6 heteroatoms. The van der Waals surface area contributed by atoms with Crippen LogP contribution in [0.4, 0.5) is 5.69 Å². The maximum Gasteiger partial charge on any atom is 0.355 e. The molecule has 0 atom stereocenters. The average molecular weight is 284 g/mol. The molecule has 0 fully saturated rings. The number of nitrogen functional groups attached to an aromatic ring is 1. The molecule has 0 bridgehead atoms. The van der Waals surface area contributed by atoms with Crippen molar-refractivity contribution in [3.05, 3.63) is 47.5 Å². The Labute approximate surface area is 122 Å². The number of nitrogens with zero attached hydrogens (tertiary/aromatic N) is 3. The maximum absolute atomic E-state index is 12.1. The number of hydrogen-bond acceptors (Lipinski definition) is 5. The Hall–Kier alpha value is -2.81. The largest absolute Gasteiger partial charge is 0.456 e. The highest BCUT2D eigenvalue weighted by molar-refractivity contribution is 5.89. The van der Waals surface area contributed by atoms with E-state index in [0.29, 0.717) is 23.6 Å². The Morgan fingerprint density at radius 2 is 2.33 bits per heavy atom. The number of anilines is 1. The van der Waals surface area contributed by atoms with E-state index < -0.39 is 5.97 Å². The van der Waals surface area contributed by atoms with Crippen molar-refractivity contribution in [2.24, 2.45) is 0 Å². The molecule has 0 saturated carbocycles. The summed E-state index contributed by atoms with van der Waals surface area (Å²) >= 11 is 0. The van der Waals surface area contributed by atoms with Crippen molar-refractivity contribution in [3.63, 3.8) is 0 Å². The van der Waals surface area contributed by atoms with E-state index in [4.69, 9.17) is 15.7 Å². The summed E-state index contributed by atoms with van der Waals surface area (Å²) in [5.41, 5.74) is 7.70. The summed E-state index contributed by atoms with van der Waals surface area (Å²) in [5.74, 6) is -0.435. The number of nitrogens with two attached hydrogens (primary N) is 1. The summed E-state index contributed by atoms with van der Waals surface area (Å²) in [6.45, 7) is 2.81. The highest BCUT2D eigenvalue weighted by Crippen LogP contribution is 2.14. The lowest BCUT2D eigenvalue weighted by molar-refractivity contribution is 0.0460. The normalized spacial score (nSPS) is 10.1. The van der Waals surface area contributed by atoms with Crippen LogP contribution in [0.25, 0.3) is 0 Å². The highest BCUT2D eigenvalue weighted by atomic mass is 16.5. The summed E-state index contributed by atoms with van der Waals surface area (Å²) in [5, 5.41) is 8.78. The van der Waals surface area contributed by atoms with Gasteiger partial charge in [-0.3, -0.25) is 0 Å². The molecule has 0 spiro atoms. The lowest BCUT2D eigenvalue weighted by Crippen LogP contribution is -2.11. The summed E-state index contributed by atoms with van der Waals surface area (Å²) in [7, 11) is 0. The van der Waals surface area contributed by atoms with Gasteiger partial charge in [0.25, 0.3) is 0 Å². The molecule has 0 amide bonds. The molecule has 2 rings (SSSR count). The summed E-state index contributed by atoms with van der Waals surface area (Å²) in [6, 6.07) is 6.84. The van der Waals surface area contributed by atoms with E-state index in [2.05, 4.69) is 4.98 Å². The minimum Gasteiger partial charge on any atom is -0.456 e. The van der Waals surface area contributed by atoms with Gasteiger partial charge >= 0.3 is 5.97 Å². The van der Waals surface area contributed by atoms with Crippen molar-refractivity contribution < 1.29 is 9.53 Å². The van der Waals surface area contributed by atoms with Crippen LogP contribution in [-0.2, 0) is 17.9 Å². The number of aryl methyl sites for hydroxylation is 1. The van der Waals surface area contributed by atoms with Gasteiger partial charge in [-0.15, -0.1) is 0 Å². The molecule has 0 aliphatic heterocycles. The second kappa shape index (κ2) is 6.57. The molecule has 2 aromatic heterocycles. The SMILES string of the molecule is CCCn1cc(N)cc1C(=O)OCc1ccnc(C#N)c1. The van der Waals surface area contributed by atoms with Crippen LogP contribution in [0.5, 0.6) is 0 Å². The van der Waals surface area contributed by atoms with E-state index >= 15 is 0 Å². The smallest absolute Gasteiger partial charge is 0.355 e. The predicted octanol–water partition coefficient (Wildman–Crippen LogP) is 2.10. The third kappa shape index (κ3) is 3.60. The highest BCUT2D eigenvalue weighted by Gasteiger charge is 2.14. The summed E-state index contributed by atoms with van der Waals surface area (Å²) < 4.78 is 7.04. The van der Waals surface area contributed by atoms with Gasteiger partial charge in [0.05, 0.1) is 5.69 Å². The zero-order chi connectivity index (χ0) is 15.2. The number of rotatable bonds is 5. The topological polar surface area (TPSA) is 93.9 Å². The quantitative estimate of drug-likeness (QED) is 0.848. The molecule has 0 aliphatic carbocycles. The van der Waals surface area contributed by atoms with Gasteiger partial charge in [-0.2, -0.15) is 5.26 Å². The number of pyridine rings is 1. The van der Waals surface area contributed by atoms with Crippen molar-refractivity contribution in [3.8, 4) is 6.07 Å². The lowest BCUT2D eigenvalue weighted by Gasteiger charge is -2.08. The molecule has 2 N–H and O–H groups in total. The fourth-order valence-electron chi connectivity index (χ4n) is 1.98. The number of nitriles is 1. The van der Waals surface area contributed by atoms with Gasteiger partial charge in [-0.1, -0.05) is 6.92 Å². The van der Waals surface area contributed by atoms with Crippen molar-refractivity contribution in [1.29, 1.82) is 5.26 Å². The van der Waals surface area contributed by atoms with Crippen LogP contribution in [0.15, 0.2) is 30.6 Å². The van der Waals surface area contributed by atoms with Gasteiger partial charge in [-0.05, 0) is 30.2 Å².